The van der Waals surface area contributed by atoms with Crippen LogP contribution in [0.2, 0.25) is 0 Å². The third-order valence-electron chi connectivity index (χ3n) is 7.22. The van der Waals surface area contributed by atoms with Crippen LogP contribution in [-0.2, 0) is 6.42 Å². The Balaban J connectivity index is 1.66. The minimum atomic E-state index is 0.557. The van der Waals surface area contributed by atoms with Crippen molar-refractivity contribution in [3.63, 3.8) is 0 Å². The predicted octanol–water partition coefficient (Wildman–Crippen LogP) is 3.85. The monoisotopic (exact) mass is 282 g/mol. The SMILES string of the molecule is CN1CCC23CCCCC2C1CC1Cc2cc[nH]c2C=C13. The molecule has 1 aromatic heterocycles. The second kappa shape index (κ2) is 4.25. The summed E-state index contributed by atoms with van der Waals surface area (Å²) in [5.74, 6) is 1.75. The Hall–Kier alpha value is -1.02. The first-order chi connectivity index (χ1) is 10.3. The normalized spacial score (nSPS) is 41.8. The van der Waals surface area contributed by atoms with Gasteiger partial charge in [0.15, 0.2) is 0 Å². The van der Waals surface area contributed by atoms with Crippen LogP contribution in [0.1, 0.15) is 49.8 Å². The molecular weight excluding hydrogens is 256 g/mol. The molecule has 4 atom stereocenters. The first-order valence-corrected chi connectivity index (χ1v) is 8.86. The summed E-state index contributed by atoms with van der Waals surface area (Å²) in [4.78, 5) is 6.17. The highest BCUT2D eigenvalue weighted by atomic mass is 15.2. The van der Waals surface area contributed by atoms with Crippen LogP contribution in [0.5, 0.6) is 0 Å². The summed E-state index contributed by atoms with van der Waals surface area (Å²) < 4.78 is 0. The zero-order valence-corrected chi connectivity index (χ0v) is 13.1. The van der Waals surface area contributed by atoms with Gasteiger partial charge in [-0.2, -0.15) is 0 Å². The van der Waals surface area contributed by atoms with Crippen molar-refractivity contribution in [1.29, 1.82) is 0 Å². The topological polar surface area (TPSA) is 19.0 Å². The zero-order valence-electron chi connectivity index (χ0n) is 13.1. The Kier molecular flexibility index (Phi) is 2.54. The Morgan fingerprint density at radius 1 is 1.29 bits per heavy atom. The minimum Gasteiger partial charge on any atom is -0.361 e. The Labute approximate surface area is 127 Å². The fourth-order valence-electron chi connectivity index (χ4n) is 6.26. The predicted molar refractivity (Wildman–Crippen MR) is 86.0 cm³/mol. The lowest BCUT2D eigenvalue weighted by atomic mass is 9.48. The number of likely N-dealkylation sites (tertiary alicyclic amines) is 1. The Morgan fingerprint density at radius 3 is 3.19 bits per heavy atom. The molecule has 1 N–H and O–H groups in total. The molecule has 1 aromatic rings. The van der Waals surface area contributed by atoms with Crippen LogP contribution < -0.4 is 0 Å². The van der Waals surface area contributed by atoms with Crippen molar-refractivity contribution in [2.45, 2.75) is 51.0 Å². The smallest absolute Gasteiger partial charge is 0.0412 e. The second-order valence-corrected chi connectivity index (χ2v) is 7.96. The fourth-order valence-corrected chi connectivity index (χ4v) is 6.26. The van der Waals surface area contributed by atoms with Gasteiger partial charge in [0.1, 0.15) is 0 Å². The van der Waals surface area contributed by atoms with Gasteiger partial charge in [-0.05, 0) is 80.7 Å². The van der Waals surface area contributed by atoms with Crippen molar-refractivity contribution < 1.29 is 0 Å². The molecule has 0 amide bonds. The molecule has 112 valence electrons. The fraction of sp³-hybridized carbons (Fsp3) is 0.684. The van der Waals surface area contributed by atoms with Crippen LogP contribution in [-0.4, -0.2) is 29.5 Å². The lowest BCUT2D eigenvalue weighted by Gasteiger charge is -2.61. The third-order valence-corrected chi connectivity index (χ3v) is 7.22. The molecule has 3 aliphatic carbocycles. The van der Waals surface area contributed by atoms with E-state index in [2.05, 4.69) is 35.3 Å². The number of allylic oxidation sites excluding steroid dienone is 1. The first-order valence-electron chi connectivity index (χ1n) is 8.86. The molecule has 2 saturated carbocycles. The highest BCUT2D eigenvalue weighted by molar-refractivity contribution is 5.60. The van der Waals surface area contributed by atoms with Crippen molar-refractivity contribution >= 4 is 6.08 Å². The summed E-state index contributed by atoms with van der Waals surface area (Å²) >= 11 is 0. The summed E-state index contributed by atoms with van der Waals surface area (Å²) in [6.07, 6.45) is 14.6. The molecule has 1 aliphatic heterocycles. The second-order valence-electron chi connectivity index (χ2n) is 7.96. The summed E-state index contributed by atoms with van der Waals surface area (Å²) in [6, 6.07) is 3.15. The Morgan fingerprint density at radius 2 is 2.24 bits per heavy atom. The van der Waals surface area contributed by atoms with Gasteiger partial charge in [-0.3, -0.25) is 0 Å². The lowest BCUT2D eigenvalue weighted by Crippen LogP contribution is -2.59. The van der Waals surface area contributed by atoms with E-state index in [9.17, 15) is 0 Å². The molecule has 2 heteroatoms. The molecule has 4 aliphatic rings. The summed E-state index contributed by atoms with van der Waals surface area (Å²) in [5, 5.41) is 0. The molecule has 21 heavy (non-hydrogen) atoms. The van der Waals surface area contributed by atoms with Crippen LogP contribution in [0, 0.1) is 17.3 Å². The van der Waals surface area contributed by atoms with Crippen LogP contribution in [0.25, 0.3) is 6.08 Å². The molecule has 4 unspecified atom stereocenters. The van der Waals surface area contributed by atoms with Gasteiger partial charge in [-0.25, -0.2) is 0 Å². The molecule has 0 aromatic carbocycles. The van der Waals surface area contributed by atoms with Gasteiger partial charge in [0.05, 0.1) is 0 Å². The Bertz CT molecular complexity index is 598. The van der Waals surface area contributed by atoms with E-state index in [0.717, 1.165) is 17.9 Å². The van der Waals surface area contributed by atoms with E-state index in [0.29, 0.717) is 5.41 Å². The lowest BCUT2D eigenvalue weighted by molar-refractivity contribution is -0.0512. The number of nitrogens with zero attached hydrogens (tertiary/aromatic N) is 1. The number of H-pyrrole nitrogens is 1. The van der Waals surface area contributed by atoms with E-state index in [1.54, 1.807) is 5.56 Å². The molecule has 2 nitrogen and oxygen atoms in total. The van der Waals surface area contributed by atoms with Crippen molar-refractivity contribution in [3.8, 4) is 0 Å². The van der Waals surface area contributed by atoms with Crippen molar-refractivity contribution in [2.24, 2.45) is 17.3 Å². The molecule has 2 heterocycles. The van der Waals surface area contributed by atoms with E-state index < -0.39 is 0 Å². The number of nitrogens with one attached hydrogen (secondary N) is 1. The van der Waals surface area contributed by atoms with Crippen LogP contribution in [0.3, 0.4) is 0 Å². The molecule has 5 rings (SSSR count). The summed E-state index contributed by atoms with van der Waals surface area (Å²) in [7, 11) is 2.38. The van der Waals surface area contributed by atoms with Crippen LogP contribution in [0.4, 0.5) is 0 Å². The molecule has 0 radical (unpaired) electrons. The number of aromatic nitrogens is 1. The van der Waals surface area contributed by atoms with Gasteiger partial charge in [0.25, 0.3) is 0 Å². The van der Waals surface area contributed by atoms with E-state index in [-0.39, 0.29) is 0 Å². The quantitative estimate of drug-likeness (QED) is 0.765. The van der Waals surface area contributed by atoms with E-state index in [1.807, 2.05) is 5.57 Å². The van der Waals surface area contributed by atoms with Crippen LogP contribution >= 0.6 is 0 Å². The summed E-state index contributed by atoms with van der Waals surface area (Å²) in [6.45, 7) is 1.31. The standard InChI is InChI=1S/C19H26N2/c1-21-9-7-19-6-3-2-4-15(19)18(21)11-14-10-13-5-8-20-17(13)12-16(14)19/h5,8,12,14-15,18,20H,2-4,6-7,9-11H2,1H3. The van der Waals surface area contributed by atoms with Gasteiger partial charge in [-0.1, -0.05) is 18.4 Å². The third kappa shape index (κ3) is 1.57. The first kappa shape index (κ1) is 12.5. The number of hydrogen-bond acceptors (Lipinski definition) is 1. The van der Waals surface area contributed by atoms with Crippen LogP contribution in [0.15, 0.2) is 17.8 Å². The molecular formula is C19H26N2. The van der Waals surface area contributed by atoms with Crippen molar-refractivity contribution in [3.05, 3.63) is 29.1 Å². The van der Waals surface area contributed by atoms with E-state index >= 15 is 0 Å². The number of hydrogen-bond donors (Lipinski definition) is 1. The van der Waals surface area contributed by atoms with E-state index in [1.165, 1.54) is 57.2 Å². The zero-order chi connectivity index (χ0) is 14.0. The highest BCUT2D eigenvalue weighted by Gasteiger charge is 2.56. The van der Waals surface area contributed by atoms with E-state index in [4.69, 9.17) is 0 Å². The maximum absolute atomic E-state index is 3.48. The number of piperidine rings is 1. The summed E-state index contributed by atoms with van der Waals surface area (Å²) in [5.41, 5.74) is 5.36. The number of fused-ring (bicyclic) bond motifs is 2. The minimum absolute atomic E-state index is 0.557. The maximum Gasteiger partial charge on any atom is 0.0412 e. The number of aromatic amines is 1. The van der Waals surface area contributed by atoms with Crippen molar-refractivity contribution in [2.75, 3.05) is 13.6 Å². The van der Waals surface area contributed by atoms with Gasteiger partial charge in [-0.15, -0.1) is 0 Å². The maximum atomic E-state index is 3.48. The largest absolute Gasteiger partial charge is 0.361 e. The molecule has 1 saturated heterocycles. The number of rotatable bonds is 0. The van der Waals surface area contributed by atoms with Gasteiger partial charge >= 0.3 is 0 Å². The van der Waals surface area contributed by atoms with Crippen molar-refractivity contribution in [1.82, 2.24) is 9.88 Å². The van der Waals surface area contributed by atoms with Gasteiger partial charge in [0, 0.05) is 17.9 Å². The average Bonchev–Trinajstić information content (AvgIpc) is 2.96. The average molecular weight is 282 g/mol. The van der Waals surface area contributed by atoms with Gasteiger partial charge in [0.2, 0.25) is 0 Å². The molecule has 0 spiro atoms. The van der Waals surface area contributed by atoms with Gasteiger partial charge < -0.3 is 9.88 Å². The molecule has 3 fully saturated rings. The highest BCUT2D eigenvalue weighted by Crippen LogP contribution is 2.61. The molecule has 2 bridgehead atoms.